The summed E-state index contributed by atoms with van der Waals surface area (Å²) in [5.41, 5.74) is 7.15. The quantitative estimate of drug-likeness (QED) is 0.563. The highest BCUT2D eigenvalue weighted by molar-refractivity contribution is 5.94. The van der Waals surface area contributed by atoms with Crippen LogP contribution in [0.5, 0.6) is 0 Å². The second-order valence-corrected chi connectivity index (χ2v) is 3.23. The van der Waals surface area contributed by atoms with Gasteiger partial charge >= 0.3 is 0 Å². The van der Waals surface area contributed by atoms with E-state index < -0.39 is 0 Å². The molecule has 15 heavy (non-hydrogen) atoms. The number of hydrogen-bond donors (Lipinski definition) is 2. The molecule has 1 aromatic rings. The molecule has 0 saturated carbocycles. The standard InChI is InChI=1S/C12H16N2O/c1-2-3-8-14-12(15)11-6-4-10(9-13)5-7-11/h2,4-7H,1,3,8-9,13H2,(H,14,15). The van der Waals surface area contributed by atoms with Crippen LogP contribution in [0, 0.1) is 0 Å². The van der Waals surface area contributed by atoms with Crippen LogP contribution in [0.2, 0.25) is 0 Å². The van der Waals surface area contributed by atoms with Crippen LogP contribution in [-0.2, 0) is 6.54 Å². The molecule has 0 bridgehead atoms. The minimum absolute atomic E-state index is 0.0552. The van der Waals surface area contributed by atoms with Gasteiger partial charge in [-0.3, -0.25) is 4.79 Å². The number of carbonyl (C=O) groups excluding carboxylic acids is 1. The fourth-order valence-electron chi connectivity index (χ4n) is 1.18. The van der Waals surface area contributed by atoms with Crippen LogP contribution in [-0.4, -0.2) is 12.5 Å². The second kappa shape index (κ2) is 5.98. The van der Waals surface area contributed by atoms with E-state index >= 15 is 0 Å². The lowest BCUT2D eigenvalue weighted by Gasteiger charge is -2.04. The molecule has 0 aromatic heterocycles. The molecular formula is C12H16N2O. The first-order valence-electron chi connectivity index (χ1n) is 4.96. The van der Waals surface area contributed by atoms with Gasteiger partial charge in [0.2, 0.25) is 0 Å². The van der Waals surface area contributed by atoms with E-state index in [0.717, 1.165) is 12.0 Å². The van der Waals surface area contributed by atoms with Crippen LogP contribution in [0.1, 0.15) is 22.3 Å². The highest BCUT2D eigenvalue weighted by Crippen LogP contribution is 2.03. The number of nitrogens with one attached hydrogen (secondary N) is 1. The molecule has 0 atom stereocenters. The van der Waals surface area contributed by atoms with Gasteiger partial charge in [0.15, 0.2) is 0 Å². The summed E-state index contributed by atoms with van der Waals surface area (Å²) < 4.78 is 0. The molecule has 0 fully saturated rings. The molecule has 0 aliphatic carbocycles. The Labute approximate surface area is 90.0 Å². The van der Waals surface area contributed by atoms with Gasteiger partial charge in [0.25, 0.3) is 5.91 Å². The van der Waals surface area contributed by atoms with Gasteiger partial charge in [0.1, 0.15) is 0 Å². The molecule has 0 heterocycles. The average Bonchev–Trinajstić information content (AvgIpc) is 2.29. The van der Waals surface area contributed by atoms with Crippen LogP contribution in [0.25, 0.3) is 0 Å². The van der Waals surface area contributed by atoms with Gasteiger partial charge < -0.3 is 11.1 Å². The van der Waals surface area contributed by atoms with Crippen molar-refractivity contribution in [2.75, 3.05) is 6.54 Å². The largest absolute Gasteiger partial charge is 0.352 e. The van der Waals surface area contributed by atoms with Crippen molar-refractivity contribution < 1.29 is 4.79 Å². The minimum atomic E-state index is -0.0552. The van der Waals surface area contributed by atoms with Crippen LogP contribution in [0.3, 0.4) is 0 Å². The Morgan fingerprint density at radius 3 is 2.60 bits per heavy atom. The first-order valence-corrected chi connectivity index (χ1v) is 4.96. The second-order valence-electron chi connectivity index (χ2n) is 3.23. The third kappa shape index (κ3) is 3.56. The molecular weight excluding hydrogens is 188 g/mol. The van der Waals surface area contributed by atoms with Crippen molar-refractivity contribution in [3.8, 4) is 0 Å². The van der Waals surface area contributed by atoms with Gasteiger partial charge in [-0.25, -0.2) is 0 Å². The molecule has 0 radical (unpaired) electrons. The van der Waals surface area contributed by atoms with Gasteiger partial charge in [-0.15, -0.1) is 6.58 Å². The van der Waals surface area contributed by atoms with Crippen LogP contribution < -0.4 is 11.1 Å². The molecule has 3 N–H and O–H groups in total. The molecule has 0 spiro atoms. The number of nitrogens with two attached hydrogens (primary N) is 1. The summed E-state index contributed by atoms with van der Waals surface area (Å²) in [6.07, 6.45) is 2.56. The van der Waals surface area contributed by atoms with E-state index in [1.807, 2.05) is 12.1 Å². The van der Waals surface area contributed by atoms with Crippen LogP contribution in [0.4, 0.5) is 0 Å². The van der Waals surface area contributed by atoms with E-state index in [-0.39, 0.29) is 5.91 Å². The fraction of sp³-hybridized carbons (Fsp3) is 0.250. The Hall–Kier alpha value is -1.61. The maximum absolute atomic E-state index is 11.5. The lowest BCUT2D eigenvalue weighted by atomic mass is 10.1. The van der Waals surface area contributed by atoms with Crippen LogP contribution >= 0.6 is 0 Å². The zero-order valence-corrected chi connectivity index (χ0v) is 8.70. The molecule has 1 rings (SSSR count). The van der Waals surface area contributed by atoms with E-state index in [9.17, 15) is 4.79 Å². The summed E-state index contributed by atoms with van der Waals surface area (Å²) in [6, 6.07) is 7.29. The maximum atomic E-state index is 11.5. The lowest BCUT2D eigenvalue weighted by Crippen LogP contribution is -2.24. The predicted molar refractivity (Wildman–Crippen MR) is 61.5 cm³/mol. The molecule has 0 unspecified atom stereocenters. The summed E-state index contributed by atoms with van der Waals surface area (Å²) in [5, 5.41) is 2.80. The molecule has 80 valence electrons. The Bertz CT molecular complexity index is 330. The predicted octanol–water partition coefficient (Wildman–Crippen LogP) is 1.45. The van der Waals surface area contributed by atoms with Crippen molar-refractivity contribution in [3.63, 3.8) is 0 Å². The van der Waals surface area contributed by atoms with Crippen molar-refractivity contribution in [2.24, 2.45) is 5.73 Å². The van der Waals surface area contributed by atoms with Crippen molar-refractivity contribution in [2.45, 2.75) is 13.0 Å². The van der Waals surface area contributed by atoms with Crippen molar-refractivity contribution in [1.82, 2.24) is 5.32 Å². The number of benzene rings is 1. The topological polar surface area (TPSA) is 55.1 Å². The lowest BCUT2D eigenvalue weighted by molar-refractivity contribution is 0.0954. The average molecular weight is 204 g/mol. The highest BCUT2D eigenvalue weighted by atomic mass is 16.1. The normalized spacial score (nSPS) is 9.67. The van der Waals surface area contributed by atoms with Crippen molar-refractivity contribution >= 4 is 5.91 Å². The first-order chi connectivity index (χ1) is 7.27. The third-order valence-corrected chi connectivity index (χ3v) is 2.09. The van der Waals surface area contributed by atoms with Gasteiger partial charge in [-0.2, -0.15) is 0 Å². The molecule has 3 heteroatoms. The Balaban J connectivity index is 2.54. The molecule has 0 saturated heterocycles. The van der Waals surface area contributed by atoms with Crippen LogP contribution in [0.15, 0.2) is 36.9 Å². The van der Waals surface area contributed by atoms with Gasteiger partial charge in [0.05, 0.1) is 0 Å². The minimum Gasteiger partial charge on any atom is -0.352 e. The zero-order chi connectivity index (χ0) is 11.1. The van der Waals surface area contributed by atoms with Crippen molar-refractivity contribution in [1.29, 1.82) is 0 Å². The Morgan fingerprint density at radius 1 is 1.40 bits per heavy atom. The van der Waals surface area contributed by atoms with E-state index in [0.29, 0.717) is 18.7 Å². The van der Waals surface area contributed by atoms with E-state index in [1.165, 1.54) is 0 Å². The smallest absolute Gasteiger partial charge is 0.251 e. The molecule has 0 aliphatic rings. The van der Waals surface area contributed by atoms with Gasteiger partial charge in [-0.1, -0.05) is 18.2 Å². The molecule has 1 amide bonds. The number of hydrogen-bond acceptors (Lipinski definition) is 2. The van der Waals surface area contributed by atoms with E-state index in [2.05, 4.69) is 11.9 Å². The van der Waals surface area contributed by atoms with E-state index in [1.54, 1.807) is 18.2 Å². The van der Waals surface area contributed by atoms with Gasteiger partial charge in [-0.05, 0) is 24.1 Å². The zero-order valence-electron chi connectivity index (χ0n) is 8.70. The molecule has 3 nitrogen and oxygen atoms in total. The maximum Gasteiger partial charge on any atom is 0.251 e. The first kappa shape index (κ1) is 11.5. The summed E-state index contributed by atoms with van der Waals surface area (Å²) in [6.45, 7) is 4.71. The number of amides is 1. The molecule has 0 aliphatic heterocycles. The van der Waals surface area contributed by atoms with Gasteiger partial charge in [0, 0.05) is 18.7 Å². The Kier molecular flexibility index (Phi) is 4.57. The summed E-state index contributed by atoms with van der Waals surface area (Å²) >= 11 is 0. The summed E-state index contributed by atoms with van der Waals surface area (Å²) in [4.78, 5) is 11.5. The Morgan fingerprint density at radius 2 is 2.07 bits per heavy atom. The SMILES string of the molecule is C=CCCNC(=O)c1ccc(CN)cc1. The monoisotopic (exact) mass is 204 g/mol. The molecule has 1 aromatic carbocycles. The third-order valence-electron chi connectivity index (χ3n) is 2.09. The van der Waals surface area contributed by atoms with Crippen molar-refractivity contribution in [3.05, 3.63) is 48.0 Å². The summed E-state index contributed by atoms with van der Waals surface area (Å²) in [7, 11) is 0. The number of rotatable bonds is 5. The highest BCUT2D eigenvalue weighted by Gasteiger charge is 2.03. The summed E-state index contributed by atoms with van der Waals surface area (Å²) in [5.74, 6) is -0.0552. The fourth-order valence-corrected chi connectivity index (χ4v) is 1.18. The number of carbonyl (C=O) groups is 1. The van der Waals surface area contributed by atoms with E-state index in [4.69, 9.17) is 5.73 Å².